The number of hydrogen-bond donors (Lipinski definition) is 1. The minimum Gasteiger partial charge on any atom is -0.481 e. The molecule has 0 spiro atoms. The van der Waals surface area contributed by atoms with Crippen molar-refractivity contribution in [3.05, 3.63) is 18.5 Å². The maximum atomic E-state index is 10.5. The van der Waals surface area contributed by atoms with Crippen LogP contribution in [0.4, 0.5) is 0 Å². The van der Waals surface area contributed by atoms with Crippen LogP contribution in [0.3, 0.4) is 0 Å². The van der Waals surface area contributed by atoms with Crippen LogP contribution in [-0.4, -0.2) is 20.9 Å². The van der Waals surface area contributed by atoms with Gasteiger partial charge in [0, 0.05) is 18.9 Å². The Hall–Kier alpha value is -1.32. The van der Waals surface area contributed by atoms with E-state index in [1.54, 1.807) is 6.20 Å². The second kappa shape index (κ2) is 3.20. The first-order valence-electron chi connectivity index (χ1n) is 4.47. The zero-order valence-corrected chi connectivity index (χ0v) is 7.26. The van der Waals surface area contributed by atoms with Gasteiger partial charge in [0.2, 0.25) is 0 Å². The fourth-order valence-corrected chi connectivity index (χ4v) is 1.60. The van der Waals surface area contributed by atoms with Gasteiger partial charge in [0.25, 0.3) is 0 Å². The summed E-state index contributed by atoms with van der Waals surface area (Å²) in [6.45, 7) is 0.835. The van der Waals surface area contributed by atoms with E-state index in [1.165, 1.54) is 0 Å². The molecule has 4 nitrogen and oxygen atoms in total. The topological polar surface area (TPSA) is 55.1 Å². The number of carboxylic acid groups (broad SMARTS) is 1. The summed E-state index contributed by atoms with van der Waals surface area (Å²) < 4.78 is 1.84. The Morgan fingerprint density at radius 2 is 2.54 bits per heavy atom. The van der Waals surface area contributed by atoms with Crippen LogP contribution in [0.1, 0.15) is 12.8 Å². The minimum atomic E-state index is -0.648. The van der Waals surface area contributed by atoms with Crippen LogP contribution in [-0.2, 0) is 11.3 Å². The molecule has 2 rings (SSSR count). The molecule has 0 aromatic carbocycles. The Bertz CT molecular complexity index is 295. The minimum absolute atomic E-state index is 0.0874. The third-order valence-corrected chi connectivity index (χ3v) is 2.53. The smallest absolute Gasteiger partial charge is 0.306 e. The van der Waals surface area contributed by atoms with E-state index in [1.807, 2.05) is 16.9 Å². The molecular formula is C9H12N2O2. The summed E-state index contributed by atoms with van der Waals surface area (Å²) in [4.78, 5) is 10.5. The zero-order valence-electron chi connectivity index (χ0n) is 7.26. The molecule has 1 aromatic rings. The molecule has 1 saturated carbocycles. The number of aromatic nitrogens is 2. The standard InChI is InChI=1S/C9H12N2O2/c12-9(13)8-6-7(8)2-5-11-4-1-3-10-11/h1,3-4,7-8H,2,5-6H2,(H,12,13). The highest BCUT2D eigenvalue weighted by Crippen LogP contribution is 2.41. The largest absolute Gasteiger partial charge is 0.481 e. The molecule has 1 aliphatic rings. The summed E-state index contributed by atoms with van der Waals surface area (Å²) in [7, 11) is 0. The molecule has 1 fully saturated rings. The molecule has 0 radical (unpaired) electrons. The van der Waals surface area contributed by atoms with Crippen molar-refractivity contribution in [2.45, 2.75) is 19.4 Å². The van der Waals surface area contributed by atoms with E-state index >= 15 is 0 Å². The summed E-state index contributed by atoms with van der Waals surface area (Å²) in [5.74, 6) is -0.359. The molecule has 1 aromatic heterocycles. The quantitative estimate of drug-likeness (QED) is 0.751. The first kappa shape index (κ1) is 8.29. The molecule has 0 bridgehead atoms. The molecule has 0 aliphatic heterocycles. The van der Waals surface area contributed by atoms with Gasteiger partial charge in [-0.05, 0) is 24.8 Å². The average molecular weight is 180 g/mol. The second-order valence-corrected chi connectivity index (χ2v) is 3.50. The van der Waals surface area contributed by atoms with Crippen LogP contribution in [0.2, 0.25) is 0 Å². The van der Waals surface area contributed by atoms with Crippen molar-refractivity contribution in [3.63, 3.8) is 0 Å². The van der Waals surface area contributed by atoms with Crippen molar-refractivity contribution < 1.29 is 9.90 Å². The Kier molecular flexibility index (Phi) is 2.04. The lowest BCUT2D eigenvalue weighted by molar-refractivity contribution is -0.138. The predicted octanol–water partition coefficient (Wildman–Crippen LogP) is 0.994. The van der Waals surface area contributed by atoms with Crippen molar-refractivity contribution >= 4 is 5.97 Å². The van der Waals surface area contributed by atoms with Gasteiger partial charge in [-0.3, -0.25) is 9.48 Å². The van der Waals surface area contributed by atoms with Crippen LogP contribution in [0.5, 0.6) is 0 Å². The van der Waals surface area contributed by atoms with Gasteiger partial charge >= 0.3 is 5.97 Å². The van der Waals surface area contributed by atoms with Gasteiger partial charge < -0.3 is 5.11 Å². The molecule has 2 atom stereocenters. The van der Waals surface area contributed by atoms with Crippen molar-refractivity contribution in [1.29, 1.82) is 0 Å². The Morgan fingerprint density at radius 3 is 3.08 bits per heavy atom. The lowest BCUT2D eigenvalue weighted by atomic mass is 10.2. The first-order valence-corrected chi connectivity index (χ1v) is 4.47. The summed E-state index contributed by atoms with van der Waals surface area (Å²) in [6.07, 6.45) is 5.41. The van der Waals surface area contributed by atoms with Gasteiger partial charge in [-0.25, -0.2) is 0 Å². The van der Waals surface area contributed by atoms with Gasteiger partial charge in [0.05, 0.1) is 5.92 Å². The number of nitrogens with zero attached hydrogens (tertiary/aromatic N) is 2. The maximum Gasteiger partial charge on any atom is 0.306 e. The molecule has 1 N–H and O–H groups in total. The molecule has 0 saturated heterocycles. The van der Waals surface area contributed by atoms with Gasteiger partial charge in [0.1, 0.15) is 0 Å². The number of aryl methyl sites for hydroxylation is 1. The molecule has 1 aliphatic carbocycles. The molecular weight excluding hydrogens is 168 g/mol. The number of hydrogen-bond acceptors (Lipinski definition) is 2. The van der Waals surface area contributed by atoms with E-state index in [2.05, 4.69) is 5.10 Å². The molecule has 70 valence electrons. The van der Waals surface area contributed by atoms with Crippen LogP contribution in [0.15, 0.2) is 18.5 Å². The van der Waals surface area contributed by atoms with Crippen molar-refractivity contribution in [1.82, 2.24) is 9.78 Å². The van der Waals surface area contributed by atoms with E-state index in [9.17, 15) is 4.79 Å². The van der Waals surface area contributed by atoms with E-state index in [0.717, 1.165) is 19.4 Å². The third kappa shape index (κ3) is 1.88. The Balaban J connectivity index is 1.74. The zero-order chi connectivity index (χ0) is 9.26. The predicted molar refractivity (Wildman–Crippen MR) is 46.1 cm³/mol. The third-order valence-electron chi connectivity index (χ3n) is 2.53. The van der Waals surface area contributed by atoms with Crippen molar-refractivity contribution in [3.8, 4) is 0 Å². The number of aliphatic carboxylic acids is 1. The molecule has 1 heterocycles. The van der Waals surface area contributed by atoms with Gasteiger partial charge in [-0.2, -0.15) is 5.10 Å². The SMILES string of the molecule is O=C(O)C1CC1CCn1cccn1. The Labute approximate surface area is 76.2 Å². The summed E-state index contributed by atoms with van der Waals surface area (Å²) in [5, 5.41) is 12.7. The highest BCUT2D eigenvalue weighted by Gasteiger charge is 2.42. The fourth-order valence-electron chi connectivity index (χ4n) is 1.60. The monoisotopic (exact) mass is 180 g/mol. The van der Waals surface area contributed by atoms with Gasteiger partial charge in [0.15, 0.2) is 0 Å². The van der Waals surface area contributed by atoms with Crippen molar-refractivity contribution in [2.24, 2.45) is 11.8 Å². The highest BCUT2D eigenvalue weighted by molar-refractivity contribution is 5.73. The fraction of sp³-hybridized carbons (Fsp3) is 0.556. The number of carboxylic acids is 1. The van der Waals surface area contributed by atoms with Crippen LogP contribution < -0.4 is 0 Å². The van der Waals surface area contributed by atoms with Gasteiger partial charge in [-0.1, -0.05) is 0 Å². The Morgan fingerprint density at radius 1 is 1.69 bits per heavy atom. The average Bonchev–Trinajstić information content (AvgIpc) is 2.70. The van der Waals surface area contributed by atoms with Crippen LogP contribution in [0.25, 0.3) is 0 Å². The normalized spacial score (nSPS) is 25.8. The van der Waals surface area contributed by atoms with Crippen molar-refractivity contribution in [2.75, 3.05) is 0 Å². The lowest BCUT2D eigenvalue weighted by Gasteiger charge is -1.98. The second-order valence-electron chi connectivity index (χ2n) is 3.50. The van der Waals surface area contributed by atoms with Crippen LogP contribution >= 0.6 is 0 Å². The maximum absolute atomic E-state index is 10.5. The highest BCUT2D eigenvalue weighted by atomic mass is 16.4. The molecule has 0 amide bonds. The molecule has 13 heavy (non-hydrogen) atoms. The number of rotatable bonds is 4. The van der Waals surface area contributed by atoms with E-state index in [4.69, 9.17) is 5.11 Å². The molecule has 4 heteroatoms. The van der Waals surface area contributed by atoms with Gasteiger partial charge in [-0.15, -0.1) is 0 Å². The van der Waals surface area contributed by atoms with E-state index in [0.29, 0.717) is 5.92 Å². The molecule has 2 unspecified atom stereocenters. The summed E-state index contributed by atoms with van der Waals surface area (Å²) in [6, 6.07) is 1.88. The summed E-state index contributed by atoms with van der Waals surface area (Å²) >= 11 is 0. The first-order chi connectivity index (χ1) is 6.27. The summed E-state index contributed by atoms with van der Waals surface area (Å²) in [5.41, 5.74) is 0. The number of carbonyl (C=O) groups is 1. The van der Waals surface area contributed by atoms with E-state index in [-0.39, 0.29) is 5.92 Å². The van der Waals surface area contributed by atoms with Crippen LogP contribution in [0, 0.1) is 11.8 Å². The van der Waals surface area contributed by atoms with E-state index < -0.39 is 5.97 Å². The lowest BCUT2D eigenvalue weighted by Crippen LogP contribution is -2.03.